The third-order valence-electron chi connectivity index (χ3n) is 5.11. The number of nitrogens with zero attached hydrogens (tertiary/aromatic N) is 1. The van der Waals surface area contributed by atoms with Crippen molar-refractivity contribution in [1.29, 1.82) is 0 Å². The molecular formula is C24H40N2O5. The van der Waals surface area contributed by atoms with Gasteiger partial charge in [0.25, 0.3) is 0 Å². The van der Waals surface area contributed by atoms with Gasteiger partial charge in [-0.1, -0.05) is 38.8 Å². The largest absolute Gasteiger partial charge is 0.492 e. The van der Waals surface area contributed by atoms with Crippen LogP contribution in [0.15, 0.2) is 24.3 Å². The molecule has 0 radical (unpaired) electrons. The van der Waals surface area contributed by atoms with Crippen molar-refractivity contribution in [2.75, 3.05) is 32.8 Å². The van der Waals surface area contributed by atoms with Crippen LogP contribution in [-0.2, 0) is 16.0 Å². The van der Waals surface area contributed by atoms with Gasteiger partial charge in [0.05, 0.1) is 6.54 Å². The van der Waals surface area contributed by atoms with Crippen molar-refractivity contribution in [2.24, 2.45) is 5.92 Å². The van der Waals surface area contributed by atoms with Crippen LogP contribution in [0.25, 0.3) is 0 Å². The lowest BCUT2D eigenvalue weighted by Crippen LogP contribution is -2.44. The summed E-state index contributed by atoms with van der Waals surface area (Å²) in [5, 5.41) is 12.1. The number of carboxylic acids is 1. The highest BCUT2D eigenvalue weighted by Crippen LogP contribution is 2.17. The molecule has 0 aromatic heterocycles. The number of carboxylic acid groups (broad SMARTS) is 1. The van der Waals surface area contributed by atoms with Crippen LogP contribution in [0.3, 0.4) is 0 Å². The molecule has 0 spiro atoms. The second kappa shape index (κ2) is 15.5. The van der Waals surface area contributed by atoms with Crippen molar-refractivity contribution in [3.8, 4) is 5.75 Å². The molecule has 0 saturated carbocycles. The maximum Gasteiger partial charge on any atom is 0.333 e. The summed E-state index contributed by atoms with van der Waals surface area (Å²) in [6.07, 6.45) is 3.92. The number of hydrogen-bond acceptors (Lipinski definition) is 4. The molecule has 0 aliphatic carbocycles. The molecule has 0 saturated heterocycles. The Morgan fingerprint density at radius 1 is 1.06 bits per heavy atom. The predicted octanol–water partition coefficient (Wildman–Crippen LogP) is 4.35. The Kier molecular flexibility index (Phi) is 13.4. The van der Waals surface area contributed by atoms with E-state index in [0.29, 0.717) is 44.4 Å². The highest BCUT2D eigenvalue weighted by molar-refractivity contribution is 5.74. The molecule has 176 valence electrons. The number of nitrogens with one attached hydrogen (secondary N) is 1. The Labute approximate surface area is 187 Å². The van der Waals surface area contributed by atoms with E-state index in [0.717, 1.165) is 37.8 Å². The van der Waals surface area contributed by atoms with Crippen molar-refractivity contribution >= 4 is 12.0 Å². The standard InChI is InChI=1S/C24H40N2O5/c1-5-9-20(10-6-2)18-26(24(29)25-7-3)15-16-31-21-13-11-19(12-14-21)17-22(23(27)28)30-8-4/h11-14,20,22H,5-10,15-18H2,1-4H3,(H,25,29)(H,27,28). The summed E-state index contributed by atoms with van der Waals surface area (Å²) in [5.41, 5.74) is 0.874. The molecular weight excluding hydrogens is 396 g/mol. The van der Waals surface area contributed by atoms with Crippen LogP contribution in [0.2, 0.25) is 0 Å². The lowest BCUT2D eigenvalue weighted by Gasteiger charge is -2.27. The van der Waals surface area contributed by atoms with Crippen LogP contribution in [0.5, 0.6) is 5.75 Å². The number of ether oxygens (including phenoxy) is 2. The van der Waals surface area contributed by atoms with Crippen molar-refractivity contribution in [1.82, 2.24) is 10.2 Å². The molecule has 0 fully saturated rings. The van der Waals surface area contributed by atoms with Crippen LogP contribution in [0.4, 0.5) is 4.79 Å². The highest BCUT2D eigenvalue weighted by Gasteiger charge is 2.19. The van der Waals surface area contributed by atoms with Crippen molar-refractivity contribution in [2.45, 2.75) is 65.9 Å². The summed E-state index contributed by atoms with van der Waals surface area (Å²) in [6.45, 7) is 10.7. The second-order valence-electron chi connectivity index (χ2n) is 7.70. The molecule has 31 heavy (non-hydrogen) atoms. The minimum absolute atomic E-state index is 0.0470. The van der Waals surface area contributed by atoms with E-state index in [-0.39, 0.29) is 6.03 Å². The number of amides is 2. The van der Waals surface area contributed by atoms with Gasteiger partial charge in [0.1, 0.15) is 12.4 Å². The van der Waals surface area contributed by atoms with Gasteiger partial charge < -0.3 is 24.8 Å². The van der Waals surface area contributed by atoms with E-state index in [4.69, 9.17) is 9.47 Å². The molecule has 7 nitrogen and oxygen atoms in total. The SMILES string of the molecule is CCCC(CCC)CN(CCOc1ccc(CC(OCC)C(=O)O)cc1)C(=O)NCC. The van der Waals surface area contributed by atoms with E-state index in [1.165, 1.54) is 0 Å². The summed E-state index contributed by atoms with van der Waals surface area (Å²) in [5.74, 6) is 0.239. The third-order valence-corrected chi connectivity index (χ3v) is 5.11. The quantitative estimate of drug-likeness (QED) is 0.402. The number of urea groups is 1. The third kappa shape index (κ3) is 10.5. The van der Waals surface area contributed by atoms with Gasteiger partial charge in [0.15, 0.2) is 6.10 Å². The van der Waals surface area contributed by atoms with E-state index >= 15 is 0 Å². The average Bonchev–Trinajstić information content (AvgIpc) is 2.74. The topological polar surface area (TPSA) is 88.1 Å². The number of carbonyl (C=O) groups is 2. The van der Waals surface area contributed by atoms with Crippen LogP contribution in [0.1, 0.15) is 58.9 Å². The number of benzene rings is 1. The van der Waals surface area contributed by atoms with Gasteiger partial charge in [-0.3, -0.25) is 0 Å². The first-order chi connectivity index (χ1) is 14.9. The second-order valence-corrected chi connectivity index (χ2v) is 7.70. The fourth-order valence-electron chi connectivity index (χ4n) is 3.62. The van der Waals surface area contributed by atoms with Crippen LogP contribution >= 0.6 is 0 Å². The molecule has 2 amide bonds. The summed E-state index contributed by atoms with van der Waals surface area (Å²) in [6, 6.07) is 7.31. The summed E-state index contributed by atoms with van der Waals surface area (Å²) in [4.78, 5) is 25.6. The summed E-state index contributed by atoms with van der Waals surface area (Å²) in [7, 11) is 0. The molecule has 1 aromatic rings. The molecule has 1 aromatic carbocycles. The molecule has 0 aliphatic rings. The van der Waals surface area contributed by atoms with Crippen molar-refractivity contribution in [3.05, 3.63) is 29.8 Å². The monoisotopic (exact) mass is 436 g/mol. The molecule has 1 rings (SSSR count). The number of hydrogen-bond donors (Lipinski definition) is 2. The molecule has 0 bridgehead atoms. The smallest absolute Gasteiger partial charge is 0.333 e. The average molecular weight is 437 g/mol. The van der Waals surface area contributed by atoms with E-state index in [9.17, 15) is 14.7 Å². The van der Waals surface area contributed by atoms with Gasteiger partial charge in [-0.15, -0.1) is 0 Å². The van der Waals surface area contributed by atoms with E-state index in [2.05, 4.69) is 19.2 Å². The van der Waals surface area contributed by atoms with Gasteiger partial charge in [-0.2, -0.15) is 0 Å². The van der Waals surface area contributed by atoms with E-state index < -0.39 is 12.1 Å². The first-order valence-corrected chi connectivity index (χ1v) is 11.5. The lowest BCUT2D eigenvalue weighted by atomic mass is 9.98. The summed E-state index contributed by atoms with van der Waals surface area (Å²) < 4.78 is 11.1. The first kappa shape index (κ1) is 26.8. The van der Waals surface area contributed by atoms with Crippen molar-refractivity contribution in [3.63, 3.8) is 0 Å². The minimum Gasteiger partial charge on any atom is -0.492 e. The Hall–Kier alpha value is -2.28. The Morgan fingerprint density at radius 2 is 1.71 bits per heavy atom. The van der Waals surface area contributed by atoms with Crippen LogP contribution < -0.4 is 10.1 Å². The highest BCUT2D eigenvalue weighted by atomic mass is 16.5. The van der Waals surface area contributed by atoms with Crippen LogP contribution in [-0.4, -0.2) is 61.0 Å². The normalized spacial score (nSPS) is 11.9. The number of carbonyl (C=O) groups excluding carboxylic acids is 1. The van der Waals surface area contributed by atoms with Gasteiger partial charge in [-0.05, 0) is 50.3 Å². The summed E-state index contributed by atoms with van der Waals surface area (Å²) >= 11 is 0. The van der Waals surface area contributed by atoms with E-state index in [1.54, 1.807) is 6.92 Å². The fraction of sp³-hybridized carbons (Fsp3) is 0.667. The molecule has 1 unspecified atom stereocenters. The zero-order chi connectivity index (χ0) is 23.1. The van der Waals surface area contributed by atoms with Crippen molar-refractivity contribution < 1.29 is 24.2 Å². The Morgan fingerprint density at radius 3 is 2.23 bits per heavy atom. The molecule has 0 aliphatic heterocycles. The first-order valence-electron chi connectivity index (χ1n) is 11.5. The molecule has 7 heteroatoms. The van der Waals surface area contributed by atoms with Crippen LogP contribution in [0, 0.1) is 5.92 Å². The number of aliphatic carboxylic acids is 1. The zero-order valence-corrected chi connectivity index (χ0v) is 19.6. The van der Waals surface area contributed by atoms with E-state index in [1.807, 2.05) is 36.1 Å². The van der Waals surface area contributed by atoms with Gasteiger partial charge >= 0.3 is 12.0 Å². The Balaban J connectivity index is 2.63. The minimum atomic E-state index is -0.961. The molecule has 0 heterocycles. The zero-order valence-electron chi connectivity index (χ0n) is 19.6. The Bertz CT molecular complexity index is 629. The van der Waals surface area contributed by atoms with Gasteiger partial charge in [0, 0.05) is 26.1 Å². The number of rotatable bonds is 16. The predicted molar refractivity (Wildman–Crippen MR) is 123 cm³/mol. The maximum atomic E-state index is 12.5. The molecule has 2 N–H and O–H groups in total. The van der Waals surface area contributed by atoms with Gasteiger partial charge in [-0.25, -0.2) is 9.59 Å². The molecule has 1 atom stereocenters. The lowest BCUT2D eigenvalue weighted by molar-refractivity contribution is -0.149. The maximum absolute atomic E-state index is 12.5. The van der Waals surface area contributed by atoms with Gasteiger partial charge in [0.2, 0.25) is 0 Å². The fourth-order valence-corrected chi connectivity index (χ4v) is 3.62.